The van der Waals surface area contributed by atoms with Crippen LogP contribution in [0.3, 0.4) is 0 Å². The summed E-state index contributed by atoms with van der Waals surface area (Å²) >= 11 is 3.31. The molecule has 2 rings (SSSR count). The Morgan fingerprint density at radius 2 is 1.91 bits per heavy atom. The van der Waals surface area contributed by atoms with E-state index in [0.717, 1.165) is 5.56 Å². The first-order valence-corrected chi connectivity index (χ1v) is 7.09. The molecule has 0 aliphatic rings. The van der Waals surface area contributed by atoms with Crippen LogP contribution in [0.5, 0.6) is 11.5 Å². The van der Waals surface area contributed by atoms with Crippen LogP contribution in [0.1, 0.15) is 5.56 Å². The Hall–Kier alpha value is -2.41. The summed E-state index contributed by atoms with van der Waals surface area (Å²) in [6.07, 6.45) is 0. The fourth-order valence-corrected chi connectivity index (χ4v) is 2.22. The van der Waals surface area contributed by atoms with Crippen LogP contribution in [0.25, 0.3) is 0 Å². The van der Waals surface area contributed by atoms with Gasteiger partial charge in [0.15, 0.2) is 6.61 Å². The number of carbonyl (C=O) groups excluding carboxylic acids is 1. The summed E-state index contributed by atoms with van der Waals surface area (Å²) in [6.45, 7) is 1.63. The molecule has 0 atom stereocenters. The topological polar surface area (TPSA) is 78.7 Å². The van der Waals surface area contributed by atoms with Gasteiger partial charge >= 0.3 is 5.97 Å². The van der Waals surface area contributed by atoms with Gasteiger partial charge in [0.1, 0.15) is 11.5 Å². The van der Waals surface area contributed by atoms with Gasteiger partial charge in [-0.15, -0.1) is 0 Å². The normalized spacial score (nSPS) is 10.1. The summed E-state index contributed by atoms with van der Waals surface area (Å²) in [4.78, 5) is 21.7. The van der Waals surface area contributed by atoms with Crippen LogP contribution in [-0.2, 0) is 4.79 Å². The zero-order valence-corrected chi connectivity index (χ0v) is 13.2. The van der Waals surface area contributed by atoms with E-state index in [0.29, 0.717) is 16.0 Å². The molecule has 0 saturated heterocycles. The van der Waals surface area contributed by atoms with Gasteiger partial charge in [-0.05, 0) is 52.7 Å². The summed E-state index contributed by atoms with van der Waals surface area (Å²) in [5, 5.41) is 10.5. The van der Waals surface area contributed by atoms with Gasteiger partial charge in [0, 0.05) is 12.1 Å². The number of nitro groups is 1. The van der Waals surface area contributed by atoms with E-state index in [1.54, 1.807) is 6.07 Å². The highest BCUT2D eigenvalue weighted by atomic mass is 79.9. The van der Waals surface area contributed by atoms with Crippen LogP contribution in [0.15, 0.2) is 46.9 Å². The zero-order valence-electron chi connectivity index (χ0n) is 11.6. The number of esters is 1. The highest BCUT2D eigenvalue weighted by molar-refractivity contribution is 9.10. The number of carbonyl (C=O) groups is 1. The minimum atomic E-state index is -0.567. The summed E-state index contributed by atoms with van der Waals surface area (Å²) in [6, 6.07) is 10.8. The van der Waals surface area contributed by atoms with Crippen LogP contribution in [0.4, 0.5) is 5.69 Å². The predicted octanol–water partition coefficient (Wildman–Crippen LogP) is 3.65. The maximum Gasteiger partial charge on any atom is 0.349 e. The van der Waals surface area contributed by atoms with Gasteiger partial charge in [-0.3, -0.25) is 10.1 Å². The molecule has 0 saturated carbocycles. The summed E-state index contributed by atoms with van der Waals surface area (Å²) < 4.78 is 11.1. The Morgan fingerprint density at radius 3 is 2.50 bits per heavy atom. The third-order valence-corrected chi connectivity index (χ3v) is 3.34. The van der Waals surface area contributed by atoms with Gasteiger partial charge < -0.3 is 9.47 Å². The first-order valence-electron chi connectivity index (χ1n) is 6.30. The smallest absolute Gasteiger partial charge is 0.349 e. The molecule has 6 nitrogen and oxygen atoms in total. The fraction of sp³-hybridized carbons (Fsp3) is 0.133. The number of rotatable bonds is 5. The van der Waals surface area contributed by atoms with Crippen molar-refractivity contribution in [1.82, 2.24) is 0 Å². The zero-order chi connectivity index (χ0) is 16.1. The minimum absolute atomic E-state index is 0.0430. The summed E-state index contributed by atoms with van der Waals surface area (Å²) in [7, 11) is 0. The van der Waals surface area contributed by atoms with Gasteiger partial charge in [-0.25, -0.2) is 4.79 Å². The molecule has 22 heavy (non-hydrogen) atoms. The van der Waals surface area contributed by atoms with E-state index < -0.39 is 10.9 Å². The number of hydrogen-bond donors (Lipinski definition) is 0. The van der Waals surface area contributed by atoms with Gasteiger partial charge in [0.2, 0.25) is 0 Å². The molecule has 0 aliphatic heterocycles. The lowest BCUT2D eigenvalue weighted by molar-refractivity contribution is -0.384. The van der Waals surface area contributed by atoms with E-state index in [1.807, 2.05) is 19.1 Å². The number of non-ortho nitro benzene ring substituents is 1. The Bertz CT molecular complexity index is 700. The van der Waals surface area contributed by atoms with Gasteiger partial charge in [-0.1, -0.05) is 6.07 Å². The number of halogens is 1. The van der Waals surface area contributed by atoms with Crippen molar-refractivity contribution in [2.75, 3.05) is 6.61 Å². The Labute approximate surface area is 134 Å². The van der Waals surface area contributed by atoms with Crippen molar-refractivity contribution < 1.29 is 19.2 Å². The van der Waals surface area contributed by atoms with Crippen molar-refractivity contribution in [3.05, 3.63) is 62.6 Å². The molecule has 0 amide bonds. The Kier molecular flexibility index (Phi) is 5.11. The number of ether oxygens (including phenoxy) is 2. The molecule has 0 spiro atoms. The molecule has 0 heterocycles. The van der Waals surface area contributed by atoms with Crippen LogP contribution in [0.2, 0.25) is 0 Å². The predicted molar refractivity (Wildman–Crippen MR) is 83.1 cm³/mol. The average Bonchev–Trinajstić information content (AvgIpc) is 2.48. The Balaban J connectivity index is 1.91. The largest absolute Gasteiger partial charge is 0.482 e. The highest BCUT2D eigenvalue weighted by Crippen LogP contribution is 2.26. The molecule has 0 unspecified atom stereocenters. The van der Waals surface area contributed by atoms with Gasteiger partial charge in [0.05, 0.1) is 9.40 Å². The maximum absolute atomic E-state index is 11.7. The number of nitro benzene ring substituents is 1. The van der Waals surface area contributed by atoms with E-state index in [9.17, 15) is 14.9 Å². The third kappa shape index (κ3) is 4.29. The molecule has 0 aliphatic carbocycles. The average molecular weight is 366 g/mol. The minimum Gasteiger partial charge on any atom is -0.482 e. The standard InChI is InChI=1S/C15H12BrNO5/c1-10-2-7-14(13(16)8-10)22-15(18)9-21-12-5-3-11(4-6-12)17(19)20/h2-8H,9H2,1H3. The van der Waals surface area contributed by atoms with E-state index in [2.05, 4.69) is 15.9 Å². The molecule has 0 fully saturated rings. The second-order valence-electron chi connectivity index (χ2n) is 4.45. The first-order chi connectivity index (χ1) is 10.5. The van der Waals surface area contributed by atoms with E-state index in [-0.39, 0.29) is 12.3 Å². The van der Waals surface area contributed by atoms with Crippen molar-refractivity contribution in [2.24, 2.45) is 0 Å². The second-order valence-corrected chi connectivity index (χ2v) is 5.30. The number of nitrogens with zero attached hydrogens (tertiary/aromatic N) is 1. The monoisotopic (exact) mass is 365 g/mol. The van der Waals surface area contributed by atoms with Crippen LogP contribution in [0, 0.1) is 17.0 Å². The lowest BCUT2D eigenvalue weighted by atomic mass is 10.2. The molecular weight excluding hydrogens is 354 g/mol. The van der Waals surface area contributed by atoms with E-state index in [4.69, 9.17) is 9.47 Å². The molecule has 7 heteroatoms. The molecule has 0 bridgehead atoms. The SMILES string of the molecule is Cc1ccc(OC(=O)COc2ccc([N+](=O)[O-])cc2)c(Br)c1. The van der Waals surface area contributed by atoms with Crippen molar-refractivity contribution in [3.8, 4) is 11.5 Å². The molecular formula is C15H12BrNO5. The van der Waals surface area contributed by atoms with Crippen molar-refractivity contribution in [3.63, 3.8) is 0 Å². The Morgan fingerprint density at radius 1 is 1.23 bits per heavy atom. The molecule has 114 valence electrons. The molecule has 0 radical (unpaired) electrons. The van der Waals surface area contributed by atoms with E-state index in [1.165, 1.54) is 24.3 Å². The molecule has 2 aromatic rings. The van der Waals surface area contributed by atoms with Crippen molar-refractivity contribution in [1.29, 1.82) is 0 Å². The van der Waals surface area contributed by atoms with Crippen molar-refractivity contribution in [2.45, 2.75) is 6.92 Å². The lowest BCUT2D eigenvalue weighted by Gasteiger charge is -2.08. The number of aryl methyl sites for hydroxylation is 1. The summed E-state index contributed by atoms with van der Waals surface area (Å²) in [5.41, 5.74) is 0.993. The number of benzene rings is 2. The quantitative estimate of drug-likeness (QED) is 0.349. The molecule has 0 N–H and O–H groups in total. The van der Waals surface area contributed by atoms with Gasteiger partial charge in [-0.2, -0.15) is 0 Å². The first kappa shape index (κ1) is 16.0. The van der Waals surface area contributed by atoms with E-state index >= 15 is 0 Å². The lowest BCUT2D eigenvalue weighted by Crippen LogP contribution is -2.17. The van der Waals surface area contributed by atoms with Crippen LogP contribution >= 0.6 is 15.9 Å². The maximum atomic E-state index is 11.7. The fourth-order valence-electron chi connectivity index (χ4n) is 1.65. The van der Waals surface area contributed by atoms with Crippen molar-refractivity contribution >= 4 is 27.6 Å². The highest BCUT2D eigenvalue weighted by Gasteiger charge is 2.10. The summed E-state index contributed by atoms with van der Waals surface area (Å²) in [5.74, 6) is 0.191. The molecule has 0 aromatic heterocycles. The molecule has 2 aromatic carbocycles. The van der Waals surface area contributed by atoms with Crippen LogP contribution < -0.4 is 9.47 Å². The second kappa shape index (κ2) is 7.04. The third-order valence-electron chi connectivity index (χ3n) is 2.72. The van der Waals surface area contributed by atoms with Gasteiger partial charge in [0.25, 0.3) is 5.69 Å². The van der Waals surface area contributed by atoms with Crippen LogP contribution in [-0.4, -0.2) is 17.5 Å². The number of hydrogen-bond acceptors (Lipinski definition) is 5.